The Bertz CT molecular complexity index is 190. The van der Waals surface area contributed by atoms with E-state index in [0.717, 1.165) is 18.5 Å². The molecule has 2 unspecified atom stereocenters. The maximum absolute atomic E-state index is 5.52. The van der Waals surface area contributed by atoms with Crippen LogP contribution in [0.2, 0.25) is 0 Å². The molecule has 2 fully saturated rings. The quantitative estimate of drug-likeness (QED) is 0.777. The van der Waals surface area contributed by atoms with Crippen molar-refractivity contribution in [3.8, 4) is 0 Å². The third-order valence-corrected chi connectivity index (χ3v) is 4.72. The second-order valence-corrected chi connectivity index (χ2v) is 6.51. The number of thioether (sulfide) groups is 1. The average Bonchev–Trinajstić information content (AvgIpc) is 2.71. The zero-order valence-corrected chi connectivity index (χ0v) is 10.0. The Kier molecular flexibility index (Phi) is 3.40. The van der Waals surface area contributed by atoms with E-state index < -0.39 is 0 Å². The monoisotopic (exact) mass is 215 g/mol. The van der Waals surface area contributed by atoms with Crippen LogP contribution in [-0.4, -0.2) is 36.8 Å². The molecular weight excluding hydrogens is 194 g/mol. The summed E-state index contributed by atoms with van der Waals surface area (Å²) < 4.78 is 5.52. The smallest absolute Gasteiger partial charge is 0.0626 e. The van der Waals surface area contributed by atoms with Gasteiger partial charge < -0.3 is 10.1 Å². The van der Waals surface area contributed by atoms with Crippen LogP contribution >= 0.6 is 11.8 Å². The predicted molar refractivity (Wildman–Crippen MR) is 61.9 cm³/mol. The molecule has 1 N–H and O–H groups in total. The van der Waals surface area contributed by atoms with Gasteiger partial charge in [0.2, 0.25) is 0 Å². The zero-order chi connectivity index (χ0) is 10.0. The Morgan fingerprint density at radius 2 is 2.36 bits per heavy atom. The van der Waals surface area contributed by atoms with Gasteiger partial charge >= 0.3 is 0 Å². The molecule has 2 rings (SSSR count). The molecule has 2 aliphatic heterocycles. The van der Waals surface area contributed by atoms with Crippen molar-refractivity contribution in [2.45, 2.75) is 38.0 Å². The topological polar surface area (TPSA) is 21.3 Å². The van der Waals surface area contributed by atoms with E-state index in [1.807, 2.05) is 0 Å². The van der Waals surface area contributed by atoms with Gasteiger partial charge in [0.05, 0.1) is 13.2 Å². The van der Waals surface area contributed by atoms with Gasteiger partial charge in [-0.05, 0) is 18.6 Å². The van der Waals surface area contributed by atoms with Gasteiger partial charge in [0.15, 0.2) is 0 Å². The fraction of sp³-hybridized carbons (Fsp3) is 1.00. The van der Waals surface area contributed by atoms with Crippen LogP contribution in [0.1, 0.15) is 26.7 Å². The minimum atomic E-state index is 0.323. The molecule has 2 heterocycles. The van der Waals surface area contributed by atoms with E-state index in [0.29, 0.717) is 11.5 Å². The summed E-state index contributed by atoms with van der Waals surface area (Å²) >= 11 is 2.12. The summed E-state index contributed by atoms with van der Waals surface area (Å²) in [5.74, 6) is 1.36. The molecule has 0 aromatic heterocycles. The number of rotatable bonds is 3. The Morgan fingerprint density at radius 3 is 2.93 bits per heavy atom. The SMILES string of the molecule is CC1(C)COCC1NCC1CCCS1. The number of nitrogens with one attached hydrogen (secondary N) is 1. The molecule has 2 aliphatic rings. The first kappa shape index (κ1) is 10.8. The molecule has 0 saturated carbocycles. The molecule has 0 spiro atoms. The highest BCUT2D eigenvalue weighted by Gasteiger charge is 2.35. The van der Waals surface area contributed by atoms with Gasteiger partial charge in [-0.2, -0.15) is 11.8 Å². The summed E-state index contributed by atoms with van der Waals surface area (Å²) in [6, 6.07) is 0.559. The molecule has 0 bridgehead atoms. The zero-order valence-electron chi connectivity index (χ0n) is 9.21. The highest BCUT2D eigenvalue weighted by atomic mass is 32.2. The molecule has 0 aromatic rings. The van der Waals surface area contributed by atoms with Crippen LogP contribution in [-0.2, 0) is 4.74 Å². The largest absolute Gasteiger partial charge is 0.379 e. The summed E-state index contributed by atoms with van der Waals surface area (Å²) in [7, 11) is 0. The third kappa shape index (κ3) is 2.44. The lowest BCUT2D eigenvalue weighted by Gasteiger charge is -2.26. The Labute approximate surface area is 91.2 Å². The van der Waals surface area contributed by atoms with E-state index in [4.69, 9.17) is 4.74 Å². The second kappa shape index (κ2) is 4.42. The standard InChI is InChI=1S/C11H21NOS/c1-11(2)8-13-7-10(11)12-6-9-4-3-5-14-9/h9-10,12H,3-8H2,1-2H3. The first-order valence-electron chi connectivity index (χ1n) is 5.61. The summed E-state index contributed by atoms with van der Waals surface area (Å²) in [6.45, 7) is 7.55. The molecule has 0 radical (unpaired) electrons. The van der Waals surface area contributed by atoms with E-state index in [2.05, 4.69) is 30.9 Å². The molecule has 0 aromatic carbocycles. The van der Waals surface area contributed by atoms with Gasteiger partial charge in [-0.1, -0.05) is 13.8 Å². The summed E-state index contributed by atoms with van der Waals surface area (Å²) in [4.78, 5) is 0. The lowest BCUT2D eigenvalue weighted by molar-refractivity contribution is 0.166. The molecule has 14 heavy (non-hydrogen) atoms. The number of hydrogen-bond donors (Lipinski definition) is 1. The van der Waals surface area contributed by atoms with Crippen molar-refractivity contribution in [1.29, 1.82) is 0 Å². The maximum atomic E-state index is 5.52. The first-order chi connectivity index (χ1) is 6.68. The Morgan fingerprint density at radius 1 is 1.50 bits per heavy atom. The van der Waals surface area contributed by atoms with Gasteiger partial charge in [-0.15, -0.1) is 0 Å². The van der Waals surface area contributed by atoms with Gasteiger partial charge in [0, 0.05) is 23.3 Å². The van der Waals surface area contributed by atoms with Crippen LogP contribution in [0.3, 0.4) is 0 Å². The molecule has 0 aliphatic carbocycles. The lowest BCUT2D eigenvalue weighted by atomic mass is 9.88. The molecular formula is C11H21NOS. The third-order valence-electron chi connectivity index (χ3n) is 3.32. The van der Waals surface area contributed by atoms with Crippen molar-refractivity contribution in [3.63, 3.8) is 0 Å². The number of hydrogen-bond acceptors (Lipinski definition) is 3. The van der Waals surface area contributed by atoms with Crippen LogP contribution in [0.15, 0.2) is 0 Å². The van der Waals surface area contributed by atoms with E-state index in [1.54, 1.807) is 0 Å². The van der Waals surface area contributed by atoms with Crippen LogP contribution in [0.25, 0.3) is 0 Å². The minimum Gasteiger partial charge on any atom is -0.379 e. The predicted octanol–water partition coefficient (Wildman–Crippen LogP) is 1.90. The number of ether oxygens (including phenoxy) is 1. The molecule has 2 saturated heterocycles. The Balaban J connectivity index is 1.74. The summed E-state index contributed by atoms with van der Waals surface area (Å²) in [6.07, 6.45) is 2.80. The highest BCUT2D eigenvalue weighted by molar-refractivity contribution is 8.00. The van der Waals surface area contributed by atoms with Crippen molar-refractivity contribution in [3.05, 3.63) is 0 Å². The normalized spacial score (nSPS) is 36.4. The second-order valence-electron chi connectivity index (χ2n) is 5.10. The van der Waals surface area contributed by atoms with Gasteiger partial charge in [-0.25, -0.2) is 0 Å². The summed E-state index contributed by atoms with van der Waals surface area (Å²) in [5, 5.41) is 4.52. The first-order valence-corrected chi connectivity index (χ1v) is 6.66. The van der Waals surface area contributed by atoms with Gasteiger partial charge in [0.25, 0.3) is 0 Å². The maximum Gasteiger partial charge on any atom is 0.0626 e. The summed E-state index contributed by atoms with van der Waals surface area (Å²) in [5.41, 5.74) is 0.323. The lowest BCUT2D eigenvalue weighted by Crippen LogP contribution is -2.43. The molecule has 2 atom stereocenters. The van der Waals surface area contributed by atoms with E-state index >= 15 is 0 Å². The highest BCUT2D eigenvalue weighted by Crippen LogP contribution is 2.29. The van der Waals surface area contributed by atoms with Crippen molar-refractivity contribution >= 4 is 11.8 Å². The van der Waals surface area contributed by atoms with E-state index in [-0.39, 0.29) is 0 Å². The molecule has 3 heteroatoms. The van der Waals surface area contributed by atoms with Crippen LogP contribution in [0.4, 0.5) is 0 Å². The molecule has 2 nitrogen and oxygen atoms in total. The van der Waals surface area contributed by atoms with Crippen LogP contribution in [0, 0.1) is 5.41 Å². The fourth-order valence-corrected chi connectivity index (χ4v) is 3.39. The molecule has 82 valence electrons. The van der Waals surface area contributed by atoms with Gasteiger partial charge in [0.1, 0.15) is 0 Å². The van der Waals surface area contributed by atoms with Crippen LogP contribution in [0.5, 0.6) is 0 Å². The minimum absolute atomic E-state index is 0.323. The van der Waals surface area contributed by atoms with Gasteiger partial charge in [-0.3, -0.25) is 0 Å². The van der Waals surface area contributed by atoms with E-state index in [1.165, 1.54) is 25.1 Å². The Hall–Kier alpha value is 0.270. The van der Waals surface area contributed by atoms with Crippen molar-refractivity contribution in [1.82, 2.24) is 5.32 Å². The fourth-order valence-electron chi connectivity index (χ4n) is 2.18. The van der Waals surface area contributed by atoms with Crippen molar-refractivity contribution in [2.24, 2.45) is 5.41 Å². The molecule has 0 amide bonds. The van der Waals surface area contributed by atoms with E-state index in [9.17, 15) is 0 Å². The average molecular weight is 215 g/mol. The van der Waals surface area contributed by atoms with Crippen molar-refractivity contribution < 1.29 is 4.74 Å². The van der Waals surface area contributed by atoms with Crippen LogP contribution < -0.4 is 5.32 Å². The van der Waals surface area contributed by atoms with Crippen molar-refractivity contribution in [2.75, 3.05) is 25.5 Å².